The number of hydrogen-bond acceptors (Lipinski definition) is 4. The number of amides is 1. The van der Waals surface area contributed by atoms with Crippen LogP contribution in [0.1, 0.15) is 24.8 Å². The highest BCUT2D eigenvalue weighted by molar-refractivity contribution is 5.96. The molecule has 0 spiro atoms. The Morgan fingerprint density at radius 1 is 1.31 bits per heavy atom. The number of hydrogen-bond donors (Lipinski definition) is 2. The van der Waals surface area contributed by atoms with Crippen LogP contribution in [-0.2, 0) is 4.79 Å². The van der Waals surface area contributed by atoms with Crippen molar-refractivity contribution in [2.45, 2.75) is 19.3 Å². The van der Waals surface area contributed by atoms with Crippen molar-refractivity contribution in [2.24, 2.45) is 0 Å². The molecule has 0 bridgehead atoms. The Bertz CT molecular complexity index is 931. The molecule has 26 heavy (non-hydrogen) atoms. The lowest BCUT2D eigenvalue weighted by Gasteiger charge is -2.19. The van der Waals surface area contributed by atoms with E-state index in [4.69, 9.17) is 15.6 Å². The molecule has 1 unspecified atom stereocenters. The highest BCUT2D eigenvalue weighted by atomic mass is 19.1. The number of carbonyl (C=O) groups excluding carboxylic acids is 1. The van der Waals surface area contributed by atoms with Crippen LogP contribution in [0.5, 0.6) is 5.75 Å². The molecule has 1 aliphatic heterocycles. The van der Waals surface area contributed by atoms with E-state index in [2.05, 4.69) is 0 Å². The van der Waals surface area contributed by atoms with Crippen LogP contribution in [0.3, 0.4) is 0 Å². The molecule has 3 rings (SSSR count). The SMILES string of the molecule is COc1cc(F)c(C2CC(=O)N(c3cccn(C(C)=N)c3=N)C2)c(F)c1. The fraction of sp³-hybridized carbons (Fsp3) is 0.278. The number of anilines is 1. The van der Waals surface area contributed by atoms with Crippen LogP contribution in [0.2, 0.25) is 0 Å². The molecule has 0 saturated carbocycles. The van der Waals surface area contributed by atoms with Crippen LogP contribution in [0.4, 0.5) is 14.5 Å². The number of aromatic nitrogens is 1. The van der Waals surface area contributed by atoms with E-state index in [-0.39, 0.29) is 41.5 Å². The van der Waals surface area contributed by atoms with E-state index >= 15 is 0 Å². The molecule has 6 nitrogen and oxygen atoms in total. The van der Waals surface area contributed by atoms with Crippen molar-refractivity contribution in [3.05, 3.63) is 53.1 Å². The molecule has 0 radical (unpaired) electrons. The summed E-state index contributed by atoms with van der Waals surface area (Å²) in [5, 5.41) is 15.9. The van der Waals surface area contributed by atoms with Crippen molar-refractivity contribution < 1.29 is 18.3 Å². The first kappa shape index (κ1) is 17.8. The fourth-order valence-corrected chi connectivity index (χ4v) is 3.20. The third kappa shape index (κ3) is 2.98. The van der Waals surface area contributed by atoms with E-state index in [1.165, 1.54) is 23.5 Å². The summed E-state index contributed by atoms with van der Waals surface area (Å²) in [6, 6.07) is 5.40. The van der Waals surface area contributed by atoms with Crippen LogP contribution in [-0.4, -0.2) is 30.0 Å². The third-order valence-electron chi connectivity index (χ3n) is 4.45. The van der Waals surface area contributed by atoms with E-state index in [0.29, 0.717) is 5.69 Å². The lowest BCUT2D eigenvalue weighted by Crippen LogP contribution is -2.34. The summed E-state index contributed by atoms with van der Waals surface area (Å²) in [5.74, 6) is -2.30. The van der Waals surface area contributed by atoms with Crippen molar-refractivity contribution >= 4 is 17.4 Å². The molecular weight excluding hydrogens is 342 g/mol. The average Bonchev–Trinajstić information content (AvgIpc) is 2.95. The van der Waals surface area contributed by atoms with Gasteiger partial charge in [0.05, 0.1) is 12.8 Å². The zero-order valence-electron chi connectivity index (χ0n) is 14.3. The van der Waals surface area contributed by atoms with Crippen LogP contribution in [0, 0.1) is 22.5 Å². The molecule has 136 valence electrons. The molecular formula is C18H18F2N4O2. The first-order valence-corrected chi connectivity index (χ1v) is 7.98. The summed E-state index contributed by atoms with van der Waals surface area (Å²) in [4.78, 5) is 13.8. The topological polar surface area (TPSA) is 82.2 Å². The van der Waals surface area contributed by atoms with Crippen LogP contribution in [0.15, 0.2) is 30.5 Å². The van der Waals surface area contributed by atoms with E-state index < -0.39 is 17.6 Å². The Labute approximate surface area is 148 Å². The molecule has 2 aromatic rings. The van der Waals surface area contributed by atoms with Gasteiger partial charge in [0.2, 0.25) is 5.91 Å². The third-order valence-corrected chi connectivity index (χ3v) is 4.45. The molecule has 1 atom stereocenters. The number of methoxy groups -OCH3 is 1. The van der Waals surface area contributed by atoms with Gasteiger partial charge in [0, 0.05) is 42.8 Å². The van der Waals surface area contributed by atoms with Gasteiger partial charge < -0.3 is 9.64 Å². The summed E-state index contributed by atoms with van der Waals surface area (Å²) in [6.07, 6.45) is 1.49. The molecule has 1 fully saturated rings. The second-order valence-corrected chi connectivity index (χ2v) is 6.11. The molecule has 1 aliphatic rings. The van der Waals surface area contributed by atoms with Crippen LogP contribution < -0.4 is 15.1 Å². The molecule has 0 aliphatic carbocycles. The van der Waals surface area contributed by atoms with Gasteiger partial charge in [0.1, 0.15) is 23.2 Å². The quantitative estimate of drug-likeness (QED) is 0.652. The number of pyridine rings is 1. The Morgan fingerprint density at radius 2 is 1.96 bits per heavy atom. The number of ether oxygens (including phenoxy) is 1. The lowest BCUT2D eigenvalue weighted by atomic mass is 9.97. The number of carbonyl (C=O) groups is 1. The normalized spacial score (nSPS) is 16.8. The summed E-state index contributed by atoms with van der Waals surface area (Å²) >= 11 is 0. The first-order valence-electron chi connectivity index (χ1n) is 7.98. The van der Waals surface area contributed by atoms with Crippen LogP contribution >= 0.6 is 0 Å². The second kappa shape index (κ2) is 6.70. The molecule has 1 saturated heterocycles. The number of nitrogens with zero attached hydrogens (tertiary/aromatic N) is 2. The highest BCUT2D eigenvalue weighted by Gasteiger charge is 2.35. The van der Waals surface area contributed by atoms with E-state index in [1.54, 1.807) is 18.3 Å². The minimum Gasteiger partial charge on any atom is -0.497 e. The van der Waals surface area contributed by atoms with Crippen LogP contribution in [0.25, 0.3) is 0 Å². The average molecular weight is 360 g/mol. The number of rotatable bonds is 3. The number of benzene rings is 1. The fourth-order valence-electron chi connectivity index (χ4n) is 3.20. The minimum absolute atomic E-state index is 0.0234. The zero-order valence-corrected chi connectivity index (χ0v) is 14.3. The minimum atomic E-state index is -0.758. The molecule has 1 aromatic carbocycles. The Hall–Kier alpha value is -3.03. The Balaban J connectivity index is 1.97. The number of halogens is 2. The second-order valence-electron chi connectivity index (χ2n) is 6.11. The maximum atomic E-state index is 14.3. The molecule has 1 aromatic heterocycles. The summed E-state index contributed by atoms with van der Waals surface area (Å²) in [5.41, 5.74) is 0.130. The molecule has 1 amide bonds. The predicted octanol–water partition coefficient (Wildman–Crippen LogP) is 2.62. The van der Waals surface area contributed by atoms with Gasteiger partial charge in [-0.15, -0.1) is 0 Å². The molecule has 8 heteroatoms. The van der Waals surface area contributed by atoms with Gasteiger partial charge in [-0.2, -0.15) is 0 Å². The van der Waals surface area contributed by atoms with Gasteiger partial charge in [-0.25, -0.2) is 8.78 Å². The Kier molecular flexibility index (Phi) is 4.58. The van der Waals surface area contributed by atoms with Gasteiger partial charge in [0.15, 0.2) is 5.49 Å². The monoisotopic (exact) mass is 360 g/mol. The standard InChI is InChI=1S/C18H18F2N4O2/c1-10(21)23-5-3-4-15(18(23)22)24-9-11(6-16(24)25)17-13(19)7-12(26-2)8-14(17)20/h3-5,7-8,11,21-22H,6,9H2,1-2H3. The lowest BCUT2D eigenvalue weighted by molar-refractivity contribution is -0.117. The first-order chi connectivity index (χ1) is 12.3. The molecule has 2 heterocycles. The zero-order chi connectivity index (χ0) is 19.0. The van der Waals surface area contributed by atoms with E-state index in [0.717, 1.165) is 12.1 Å². The van der Waals surface area contributed by atoms with Crippen molar-refractivity contribution in [3.63, 3.8) is 0 Å². The van der Waals surface area contributed by atoms with Gasteiger partial charge in [0.25, 0.3) is 0 Å². The van der Waals surface area contributed by atoms with Gasteiger partial charge in [-0.05, 0) is 19.1 Å². The van der Waals surface area contributed by atoms with E-state index in [9.17, 15) is 13.6 Å². The van der Waals surface area contributed by atoms with Crippen molar-refractivity contribution in [3.8, 4) is 5.75 Å². The Morgan fingerprint density at radius 3 is 2.54 bits per heavy atom. The van der Waals surface area contributed by atoms with Crippen molar-refractivity contribution in [2.75, 3.05) is 18.6 Å². The summed E-state index contributed by atoms with van der Waals surface area (Å²) < 4.78 is 34.8. The molecule has 2 N–H and O–H groups in total. The van der Waals surface area contributed by atoms with Gasteiger partial charge >= 0.3 is 0 Å². The van der Waals surface area contributed by atoms with Crippen molar-refractivity contribution in [1.82, 2.24) is 4.57 Å². The maximum absolute atomic E-state index is 14.3. The largest absolute Gasteiger partial charge is 0.497 e. The van der Waals surface area contributed by atoms with Crippen molar-refractivity contribution in [1.29, 1.82) is 10.8 Å². The maximum Gasteiger partial charge on any atom is 0.227 e. The summed E-state index contributed by atoms with van der Waals surface area (Å²) in [7, 11) is 1.32. The van der Waals surface area contributed by atoms with Gasteiger partial charge in [-0.1, -0.05) is 0 Å². The summed E-state index contributed by atoms with van der Waals surface area (Å²) in [6.45, 7) is 1.59. The van der Waals surface area contributed by atoms with Gasteiger partial charge in [-0.3, -0.25) is 20.2 Å². The number of nitrogens with one attached hydrogen (secondary N) is 2. The smallest absolute Gasteiger partial charge is 0.227 e. The highest BCUT2D eigenvalue weighted by Crippen LogP contribution is 2.35. The van der Waals surface area contributed by atoms with E-state index in [1.807, 2.05) is 0 Å². The predicted molar refractivity (Wildman–Crippen MR) is 91.7 cm³/mol.